The van der Waals surface area contributed by atoms with Gasteiger partial charge in [0.2, 0.25) is 0 Å². The molecule has 0 heterocycles. The summed E-state index contributed by atoms with van der Waals surface area (Å²) in [5, 5.41) is 13.9. The van der Waals surface area contributed by atoms with E-state index in [2.05, 4.69) is 25.9 Å². The van der Waals surface area contributed by atoms with Crippen LogP contribution in [0.15, 0.2) is 5.10 Å². The molecule has 0 saturated heterocycles. The molecule has 2 aliphatic carbocycles. The van der Waals surface area contributed by atoms with E-state index in [9.17, 15) is 14.9 Å². The highest BCUT2D eigenvalue weighted by Gasteiger charge is 2.62. The van der Waals surface area contributed by atoms with Crippen LogP contribution in [0.1, 0.15) is 40.0 Å². The van der Waals surface area contributed by atoms with Crippen LogP contribution in [0.3, 0.4) is 0 Å². The second kappa shape index (κ2) is 3.66. The number of fused-ring (bicyclic) bond motifs is 2. The second-order valence-corrected chi connectivity index (χ2v) is 5.91. The maximum absolute atomic E-state index is 11.0. The van der Waals surface area contributed by atoms with Gasteiger partial charge in [0, 0.05) is 16.9 Å². The van der Waals surface area contributed by atoms with Gasteiger partial charge in [0.15, 0.2) is 5.71 Å². The number of nitrogens with two attached hydrogens (primary N) is 1. The SMILES string of the molecule is CC12CCC(CC1=NN(C(N)=O)[N+](=O)[O-])C2(C)C. The smallest absolute Gasteiger partial charge is 0.345 e. The van der Waals surface area contributed by atoms with Gasteiger partial charge >= 0.3 is 6.03 Å². The van der Waals surface area contributed by atoms with Gasteiger partial charge in [-0.15, -0.1) is 0 Å². The summed E-state index contributed by atoms with van der Waals surface area (Å²) in [5.74, 6) is 0.475. The van der Waals surface area contributed by atoms with Gasteiger partial charge in [0.1, 0.15) is 0 Å². The molecule has 0 aromatic heterocycles. The average molecular weight is 254 g/mol. The monoisotopic (exact) mass is 254 g/mol. The van der Waals surface area contributed by atoms with E-state index in [-0.39, 0.29) is 15.9 Å². The van der Waals surface area contributed by atoms with E-state index in [1.165, 1.54) is 0 Å². The summed E-state index contributed by atoms with van der Waals surface area (Å²) in [5.41, 5.74) is 5.57. The van der Waals surface area contributed by atoms with Crippen LogP contribution >= 0.6 is 0 Å². The topological polar surface area (TPSA) is 102 Å². The molecule has 2 fully saturated rings. The molecular formula is C11H18N4O3. The van der Waals surface area contributed by atoms with Gasteiger partial charge in [0.25, 0.3) is 0 Å². The van der Waals surface area contributed by atoms with Crippen LogP contribution in [0.4, 0.5) is 4.79 Å². The van der Waals surface area contributed by atoms with E-state index in [1.807, 2.05) is 0 Å². The Bertz CT molecular complexity index is 432. The second-order valence-electron chi connectivity index (χ2n) is 5.91. The summed E-state index contributed by atoms with van der Waals surface area (Å²) < 4.78 is 0. The molecule has 18 heavy (non-hydrogen) atoms. The minimum absolute atomic E-state index is 0.0613. The van der Waals surface area contributed by atoms with Gasteiger partial charge in [-0.2, -0.15) is 0 Å². The highest BCUT2D eigenvalue weighted by atomic mass is 16.7. The van der Waals surface area contributed by atoms with Gasteiger partial charge in [0.05, 0.1) is 10.2 Å². The molecule has 0 aliphatic heterocycles. The third kappa shape index (κ3) is 1.49. The van der Waals surface area contributed by atoms with Crippen molar-refractivity contribution in [3.63, 3.8) is 0 Å². The molecule has 2 atom stereocenters. The van der Waals surface area contributed by atoms with Gasteiger partial charge in [-0.1, -0.05) is 20.8 Å². The lowest BCUT2D eigenvalue weighted by Gasteiger charge is -2.32. The minimum atomic E-state index is -1.16. The van der Waals surface area contributed by atoms with E-state index in [1.54, 1.807) is 0 Å². The predicted molar refractivity (Wildman–Crippen MR) is 65.1 cm³/mol. The van der Waals surface area contributed by atoms with Crippen molar-refractivity contribution >= 4 is 11.7 Å². The van der Waals surface area contributed by atoms with E-state index in [4.69, 9.17) is 5.73 Å². The highest BCUT2D eigenvalue weighted by molar-refractivity contribution is 5.94. The lowest BCUT2D eigenvalue weighted by molar-refractivity contribution is -0.633. The lowest BCUT2D eigenvalue weighted by atomic mass is 9.70. The number of urea groups is 1. The first-order valence-electron chi connectivity index (χ1n) is 6.02. The number of hydrogen-bond acceptors (Lipinski definition) is 4. The van der Waals surface area contributed by atoms with Crippen LogP contribution in [0.2, 0.25) is 0 Å². The summed E-state index contributed by atoms with van der Waals surface area (Å²) in [6.07, 6.45) is 2.77. The zero-order valence-electron chi connectivity index (χ0n) is 10.8. The Labute approximate surface area is 105 Å². The van der Waals surface area contributed by atoms with Crippen molar-refractivity contribution in [2.75, 3.05) is 0 Å². The third-order valence-corrected chi connectivity index (χ3v) is 5.08. The van der Waals surface area contributed by atoms with Crippen molar-refractivity contribution in [1.29, 1.82) is 0 Å². The number of carbonyl (C=O) groups excluding carboxylic acids is 1. The zero-order valence-corrected chi connectivity index (χ0v) is 10.8. The van der Waals surface area contributed by atoms with Crippen LogP contribution in [0.25, 0.3) is 0 Å². The van der Waals surface area contributed by atoms with Crippen LogP contribution in [-0.4, -0.2) is 21.9 Å². The third-order valence-electron chi connectivity index (χ3n) is 5.08. The lowest BCUT2D eigenvalue weighted by Crippen LogP contribution is -2.40. The van der Waals surface area contributed by atoms with Crippen molar-refractivity contribution in [3.05, 3.63) is 10.1 Å². The molecule has 100 valence electrons. The number of amides is 2. The van der Waals surface area contributed by atoms with Gasteiger partial charge in [-0.05, 0) is 24.2 Å². The predicted octanol–water partition coefficient (Wildman–Crippen LogP) is 1.76. The number of nitrogens with zero attached hydrogens (tertiary/aromatic N) is 3. The summed E-state index contributed by atoms with van der Waals surface area (Å²) in [6.45, 7) is 6.39. The van der Waals surface area contributed by atoms with Crippen LogP contribution in [0.5, 0.6) is 0 Å². The standard InChI is InChI=1S/C11H18N4O3/c1-10(2)7-4-5-11(10,3)8(6-7)13-14(9(12)16)15(17)18/h7H,4-6H2,1-3H3,(H2,12,16). The quantitative estimate of drug-likeness (QED) is 0.599. The van der Waals surface area contributed by atoms with Crippen LogP contribution in [-0.2, 0) is 0 Å². The Hall–Kier alpha value is -1.66. The average Bonchev–Trinajstić information content (AvgIpc) is 2.57. The summed E-state index contributed by atoms with van der Waals surface area (Å²) in [6, 6.07) is -1.16. The zero-order chi connectivity index (χ0) is 13.7. The van der Waals surface area contributed by atoms with Crippen LogP contribution in [0, 0.1) is 26.9 Å². The van der Waals surface area contributed by atoms with Crippen molar-refractivity contribution < 1.29 is 9.83 Å². The fourth-order valence-electron chi connectivity index (χ4n) is 3.36. The molecule has 2 amide bonds. The van der Waals surface area contributed by atoms with Crippen molar-refractivity contribution in [3.8, 4) is 0 Å². The van der Waals surface area contributed by atoms with E-state index in [0.29, 0.717) is 12.3 Å². The van der Waals surface area contributed by atoms with E-state index < -0.39 is 11.1 Å². The molecule has 2 N–H and O–H groups in total. The molecule has 0 aromatic carbocycles. The number of nitro groups is 1. The number of rotatable bonds is 2. The van der Waals surface area contributed by atoms with Crippen molar-refractivity contribution in [1.82, 2.24) is 5.12 Å². The van der Waals surface area contributed by atoms with Crippen molar-refractivity contribution in [2.45, 2.75) is 40.0 Å². The van der Waals surface area contributed by atoms with Gasteiger partial charge < -0.3 is 15.8 Å². The molecule has 2 saturated carbocycles. The number of hydrazine groups is 1. The fraction of sp³-hybridized carbons (Fsp3) is 0.818. The van der Waals surface area contributed by atoms with Gasteiger partial charge in [-0.3, -0.25) is 0 Å². The Kier molecular flexibility index (Phi) is 2.60. The van der Waals surface area contributed by atoms with E-state index >= 15 is 0 Å². The normalized spacial score (nSPS) is 34.8. The maximum atomic E-state index is 11.0. The molecule has 7 heteroatoms. The number of primary amides is 1. The Morgan fingerprint density at radius 2 is 2.17 bits per heavy atom. The number of carbonyl (C=O) groups is 1. The molecule has 0 aromatic rings. The van der Waals surface area contributed by atoms with E-state index in [0.717, 1.165) is 18.6 Å². The molecule has 2 bridgehead atoms. The van der Waals surface area contributed by atoms with Crippen LogP contribution < -0.4 is 5.73 Å². The Morgan fingerprint density at radius 1 is 1.56 bits per heavy atom. The fourth-order valence-corrected chi connectivity index (χ4v) is 3.36. The molecule has 2 rings (SSSR count). The minimum Gasteiger partial charge on any atom is -0.345 e. The first-order chi connectivity index (χ1) is 8.20. The van der Waals surface area contributed by atoms with Gasteiger partial charge in [-0.25, -0.2) is 4.79 Å². The van der Waals surface area contributed by atoms with Crippen molar-refractivity contribution in [2.24, 2.45) is 27.6 Å². The number of hydrogen-bond donors (Lipinski definition) is 1. The Morgan fingerprint density at radius 3 is 2.50 bits per heavy atom. The largest absolute Gasteiger partial charge is 0.400 e. The molecule has 2 unspecified atom stereocenters. The summed E-state index contributed by atoms with van der Waals surface area (Å²) in [7, 11) is 0. The molecule has 7 nitrogen and oxygen atoms in total. The highest BCUT2D eigenvalue weighted by Crippen LogP contribution is 2.64. The number of hydrazone groups is 1. The molecule has 0 spiro atoms. The first-order valence-corrected chi connectivity index (χ1v) is 6.02. The summed E-state index contributed by atoms with van der Waals surface area (Å²) in [4.78, 5) is 21.7. The molecule has 0 radical (unpaired) electrons. The molecular weight excluding hydrogens is 236 g/mol. The molecule has 2 aliphatic rings. The summed E-state index contributed by atoms with van der Waals surface area (Å²) >= 11 is 0. The maximum Gasteiger partial charge on any atom is 0.400 e. The Balaban J connectivity index is 2.37. The first kappa shape index (κ1) is 12.8.